The fourth-order valence-electron chi connectivity index (χ4n) is 8.95. The molecule has 0 amide bonds. The van der Waals surface area contributed by atoms with E-state index >= 15 is 0 Å². The lowest BCUT2D eigenvalue weighted by Gasteiger charge is -2.49. The fourth-order valence-corrected chi connectivity index (χ4v) is 8.95. The zero-order chi connectivity index (χ0) is 42.9. The summed E-state index contributed by atoms with van der Waals surface area (Å²) in [7, 11) is 0. The number of rotatable bonds is 18. The van der Waals surface area contributed by atoms with Crippen molar-refractivity contribution in [2.75, 3.05) is 52.6 Å². The number of likely N-dealkylation sites (tertiary alicyclic amines) is 2. The molecule has 0 aromatic heterocycles. The molecular weight excluding hydrogens is 789 g/mol. The van der Waals surface area contributed by atoms with Crippen LogP contribution < -0.4 is 0 Å². The zero-order valence-electron chi connectivity index (χ0n) is 35.8. The molecule has 0 saturated carbocycles. The monoisotopic (exact) mass is 854 g/mol. The third kappa shape index (κ3) is 13.5. The normalized spacial score (nSPS) is 29.3. The Morgan fingerprint density at radius 2 is 0.968 bits per heavy atom. The lowest BCUT2D eigenvalue weighted by atomic mass is 9.92. The highest BCUT2D eigenvalue weighted by molar-refractivity contribution is 5.17. The predicted molar refractivity (Wildman–Crippen MR) is 235 cm³/mol. The molecule has 0 radical (unpaired) electrons. The largest absolute Gasteiger partial charge is 0.395 e. The van der Waals surface area contributed by atoms with E-state index in [4.69, 9.17) is 28.4 Å². The van der Waals surface area contributed by atoms with Crippen molar-refractivity contribution in [3.8, 4) is 0 Å². The number of benzene rings is 4. The van der Waals surface area contributed by atoms with E-state index in [1.54, 1.807) is 4.90 Å². The Morgan fingerprint density at radius 3 is 1.44 bits per heavy atom. The molecule has 0 bridgehead atoms. The molecule has 336 valence electrons. The van der Waals surface area contributed by atoms with Gasteiger partial charge in [-0.3, -0.25) is 9.80 Å². The SMILES string of the molecule is OC[C@@H]1[C@@H](O)[C@H](O)[C@@H](O)CN1CC1CCCO1.c1ccc(COC[C@@H]2[C@@H](OCc3ccccc3)[C@H](OCc3ccccc3)[C@@H](OCc3ccccc3)CN2CC2CCCO2)cc1. The van der Waals surface area contributed by atoms with Crippen LogP contribution in [-0.2, 0) is 54.8 Å². The van der Waals surface area contributed by atoms with Gasteiger partial charge in [-0.25, -0.2) is 0 Å². The van der Waals surface area contributed by atoms with Gasteiger partial charge in [0, 0.05) is 39.4 Å². The van der Waals surface area contributed by atoms with Crippen LogP contribution in [0.15, 0.2) is 121 Å². The van der Waals surface area contributed by atoms with E-state index < -0.39 is 24.4 Å². The van der Waals surface area contributed by atoms with E-state index in [1.807, 2.05) is 24.3 Å². The summed E-state index contributed by atoms with van der Waals surface area (Å²) in [5, 5.41) is 38.3. The highest BCUT2D eigenvalue weighted by atomic mass is 16.6. The Balaban J connectivity index is 0.000000284. The Hall–Kier alpha value is -3.60. The highest BCUT2D eigenvalue weighted by Crippen LogP contribution is 2.31. The second-order valence-corrected chi connectivity index (χ2v) is 16.9. The lowest BCUT2D eigenvalue weighted by molar-refractivity contribution is -0.213. The average Bonchev–Trinajstić information content (AvgIpc) is 4.04. The quantitative estimate of drug-likeness (QED) is 0.110. The van der Waals surface area contributed by atoms with E-state index in [9.17, 15) is 20.4 Å². The molecule has 4 aromatic rings. The van der Waals surface area contributed by atoms with Gasteiger partial charge < -0.3 is 48.8 Å². The Bertz CT molecular complexity index is 1800. The van der Waals surface area contributed by atoms with Crippen molar-refractivity contribution in [2.45, 2.75) is 113 Å². The summed E-state index contributed by atoms with van der Waals surface area (Å²) in [6.45, 7) is 6.18. The number of ether oxygens (including phenoxy) is 6. The third-order valence-corrected chi connectivity index (χ3v) is 12.4. The molecule has 4 aromatic carbocycles. The number of hydrogen-bond donors (Lipinski definition) is 4. The van der Waals surface area contributed by atoms with Gasteiger partial charge in [-0.05, 0) is 47.9 Å². The Labute approximate surface area is 366 Å². The second kappa shape index (κ2) is 24.5. The molecule has 10 atom stereocenters. The van der Waals surface area contributed by atoms with Gasteiger partial charge in [-0.1, -0.05) is 121 Å². The minimum absolute atomic E-state index is 0.0426. The Morgan fingerprint density at radius 1 is 0.516 bits per heavy atom. The number of piperidine rings is 2. The Kier molecular flexibility index (Phi) is 18.3. The van der Waals surface area contributed by atoms with Crippen molar-refractivity contribution in [1.29, 1.82) is 0 Å². The lowest BCUT2D eigenvalue weighted by Crippen LogP contribution is -2.65. The molecule has 8 rings (SSSR count). The molecule has 12 nitrogen and oxygen atoms in total. The molecule has 4 aliphatic heterocycles. The maximum Gasteiger partial charge on any atom is 0.113 e. The van der Waals surface area contributed by atoms with E-state index in [1.165, 1.54) is 0 Å². The molecule has 4 saturated heterocycles. The van der Waals surface area contributed by atoms with Crippen molar-refractivity contribution in [3.05, 3.63) is 144 Å². The van der Waals surface area contributed by atoms with Crippen LogP contribution in [0.1, 0.15) is 47.9 Å². The highest BCUT2D eigenvalue weighted by Gasteiger charge is 2.47. The van der Waals surface area contributed by atoms with Gasteiger partial charge in [0.05, 0.1) is 76.1 Å². The molecule has 4 fully saturated rings. The van der Waals surface area contributed by atoms with Crippen LogP contribution in [-0.4, -0.2) is 144 Å². The summed E-state index contributed by atoms with van der Waals surface area (Å²) < 4.78 is 38.6. The molecule has 0 spiro atoms. The zero-order valence-corrected chi connectivity index (χ0v) is 35.8. The molecule has 4 N–H and O–H groups in total. The fraction of sp³-hybridized carbons (Fsp3) is 0.520. The van der Waals surface area contributed by atoms with Gasteiger partial charge in [0.15, 0.2) is 0 Å². The first-order valence-corrected chi connectivity index (χ1v) is 22.4. The van der Waals surface area contributed by atoms with E-state index in [2.05, 4.69) is 102 Å². The van der Waals surface area contributed by atoms with Gasteiger partial charge in [-0.2, -0.15) is 0 Å². The molecule has 2 unspecified atom stereocenters. The third-order valence-electron chi connectivity index (χ3n) is 12.4. The topological polar surface area (TPSA) is 143 Å². The van der Waals surface area contributed by atoms with Crippen LogP contribution in [0.2, 0.25) is 0 Å². The first-order chi connectivity index (χ1) is 30.4. The first-order valence-electron chi connectivity index (χ1n) is 22.4. The van der Waals surface area contributed by atoms with Crippen LogP contribution >= 0.6 is 0 Å². The number of nitrogens with zero attached hydrogens (tertiary/aromatic N) is 2. The standard InChI is InChI=1S/C39H45NO5.C11H21NO5/c1-5-14-31(15-6-1)26-41-30-36-38(44-28-33-18-9-3-10-19-33)39(45-29-34-20-11-4-12-21-34)37(43-27-32-16-7-2-8-17-32)25-40(36)24-35-22-13-23-42-35;13-6-8-10(15)11(16)9(14)5-12(8)4-7-2-1-3-17-7/h1-12,14-21,35-39H,13,22-30H2;7-11,13-16H,1-6H2/t35?,36-,37+,38-,39-;7?,8-,9+,10-,11-/m11/s1. The predicted octanol–water partition coefficient (Wildman–Crippen LogP) is 4.75. The van der Waals surface area contributed by atoms with Gasteiger partial charge in [-0.15, -0.1) is 0 Å². The number of aliphatic hydroxyl groups excluding tert-OH is 4. The average molecular weight is 855 g/mol. The van der Waals surface area contributed by atoms with Crippen LogP contribution in [0.5, 0.6) is 0 Å². The molecule has 4 aliphatic rings. The van der Waals surface area contributed by atoms with Crippen LogP contribution in [0.25, 0.3) is 0 Å². The minimum atomic E-state index is -1.19. The van der Waals surface area contributed by atoms with Crippen LogP contribution in [0, 0.1) is 0 Å². The summed E-state index contributed by atoms with van der Waals surface area (Å²) in [5.41, 5.74) is 4.54. The molecule has 4 heterocycles. The molecule has 12 heteroatoms. The second-order valence-electron chi connectivity index (χ2n) is 16.9. The maximum atomic E-state index is 9.80. The van der Waals surface area contributed by atoms with Crippen LogP contribution in [0.3, 0.4) is 0 Å². The maximum absolute atomic E-state index is 9.80. The number of β-amino-alcohol motifs (C(OH)–C–C–N with tert-alkyl or cyclic N) is 1. The van der Waals surface area contributed by atoms with Crippen molar-refractivity contribution >= 4 is 0 Å². The minimum Gasteiger partial charge on any atom is -0.395 e. The first kappa shape index (κ1) is 46.4. The number of aliphatic hydroxyl groups is 4. The van der Waals surface area contributed by atoms with Gasteiger partial charge in [0.1, 0.15) is 24.4 Å². The van der Waals surface area contributed by atoms with E-state index in [0.717, 1.165) is 67.7 Å². The summed E-state index contributed by atoms with van der Waals surface area (Å²) in [6, 6.07) is 40.8. The van der Waals surface area contributed by atoms with E-state index in [0.29, 0.717) is 46.1 Å². The molecule has 0 aliphatic carbocycles. The summed E-state index contributed by atoms with van der Waals surface area (Å²) >= 11 is 0. The summed E-state index contributed by atoms with van der Waals surface area (Å²) in [4.78, 5) is 4.28. The smallest absolute Gasteiger partial charge is 0.113 e. The molecular formula is C50H66N2O10. The summed E-state index contributed by atoms with van der Waals surface area (Å²) in [6.07, 6.45) is 0.343. The van der Waals surface area contributed by atoms with Crippen molar-refractivity contribution < 1.29 is 48.8 Å². The van der Waals surface area contributed by atoms with Gasteiger partial charge in [0.25, 0.3) is 0 Å². The van der Waals surface area contributed by atoms with Gasteiger partial charge in [0.2, 0.25) is 0 Å². The van der Waals surface area contributed by atoms with Crippen molar-refractivity contribution in [1.82, 2.24) is 9.80 Å². The van der Waals surface area contributed by atoms with Crippen LogP contribution in [0.4, 0.5) is 0 Å². The number of hydrogen-bond acceptors (Lipinski definition) is 12. The molecule has 62 heavy (non-hydrogen) atoms. The van der Waals surface area contributed by atoms with E-state index in [-0.39, 0.29) is 49.7 Å². The van der Waals surface area contributed by atoms with Crippen molar-refractivity contribution in [2.24, 2.45) is 0 Å². The summed E-state index contributed by atoms with van der Waals surface area (Å²) in [5.74, 6) is 0. The van der Waals surface area contributed by atoms with Gasteiger partial charge >= 0.3 is 0 Å². The van der Waals surface area contributed by atoms with Crippen molar-refractivity contribution in [3.63, 3.8) is 0 Å².